The van der Waals surface area contributed by atoms with Gasteiger partial charge in [0, 0.05) is 16.4 Å². The first-order valence-electron chi connectivity index (χ1n) is 6.18. The molecule has 4 nitrogen and oxygen atoms in total. The third kappa shape index (κ3) is 3.03. The summed E-state index contributed by atoms with van der Waals surface area (Å²) in [6.45, 7) is 6.53. The highest BCUT2D eigenvalue weighted by molar-refractivity contribution is 7.95. The third-order valence-electron chi connectivity index (χ3n) is 3.03. The molecule has 0 unspecified atom stereocenters. The molecule has 0 saturated carbocycles. The van der Waals surface area contributed by atoms with E-state index in [-0.39, 0.29) is 9.79 Å². The van der Waals surface area contributed by atoms with Crippen LogP contribution in [0.1, 0.15) is 0 Å². The number of sulfone groups is 2. The number of rotatable bonds is 5. The van der Waals surface area contributed by atoms with Gasteiger partial charge in [-0.1, -0.05) is 43.5 Å². The lowest BCUT2D eigenvalue weighted by Gasteiger charge is -2.10. The summed E-state index contributed by atoms with van der Waals surface area (Å²) in [6, 6.07) is 13.7. The minimum Gasteiger partial charge on any atom is -0.219 e. The van der Waals surface area contributed by atoms with Crippen molar-refractivity contribution in [2.75, 3.05) is 0 Å². The molecule has 0 N–H and O–H groups in total. The lowest BCUT2D eigenvalue weighted by molar-refractivity contribution is 0.603. The van der Waals surface area contributed by atoms with E-state index in [0.717, 1.165) is 16.9 Å². The Labute approximate surface area is 130 Å². The molecule has 0 amide bonds. The van der Waals surface area contributed by atoms with Crippen LogP contribution in [0.5, 0.6) is 0 Å². The van der Waals surface area contributed by atoms with Gasteiger partial charge >= 0.3 is 0 Å². The van der Waals surface area contributed by atoms with Crippen molar-refractivity contribution >= 4 is 19.7 Å². The van der Waals surface area contributed by atoms with Crippen LogP contribution in [0.3, 0.4) is 0 Å². The molecular weight excluding hydrogens is 320 g/mol. The Hall–Kier alpha value is -2.18. The Morgan fingerprint density at radius 2 is 1.59 bits per heavy atom. The van der Waals surface area contributed by atoms with Gasteiger partial charge in [-0.05, 0) is 23.8 Å². The van der Waals surface area contributed by atoms with Gasteiger partial charge in [0.1, 0.15) is 0 Å². The maximum atomic E-state index is 12.2. The number of benzene rings is 2. The van der Waals surface area contributed by atoms with E-state index in [9.17, 15) is 16.8 Å². The molecule has 0 aliphatic rings. The maximum Gasteiger partial charge on any atom is 0.199 e. The smallest absolute Gasteiger partial charge is 0.199 e. The summed E-state index contributed by atoms with van der Waals surface area (Å²) in [5.41, 5.74) is 0.911. The molecule has 2 rings (SSSR count). The maximum absolute atomic E-state index is 12.2. The average molecular weight is 333 g/mol. The lowest BCUT2D eigenvalue weighted by Crippen LogP contribution is -2.03. The van der Waals surface area contributed by atoms with E-state index >= 15 is 0 Å². The summed E-state index contributed by atoms with van der Waals surface area (Å²) < 4.78 is 48.2. The Morgan fingerprint density at radius 3 is 2.14 bits per heavy atom. The second-order valence-electron chi connectivity index (χ2n) is 4.36. The molecule has 0 aliphatic heterocycles. The zero-order valence-electron chi connectivity index (χ0n) is 11.6. The summed E-state index contributed by atoms with van der Waals surface area (Å²) in [5, 5.41) is 1.57. The molecule has 0 fully saturated rings. The second-order valence-corrected chi connectivity index (χ2v) is 8.12. The fourth-order valence-electron chi connectivity index (χ4n) is 1.88. The Morgan fingerprint density at radius 1 is 0.909 bits per heavy atom. The van der Waals surface area contributed by atoms with Crippen LogP contribution in [0.2, 0.25) is 0 Å². The lowest BCUT2D eigenvalue weighted by atomic mass is 10.1. The van der Waals surface area contributed by atoms with Crippen molar-refractivity contribution in [1.29, 1.82) is 0 Å². The first kappa shape index (κ1) is 16.2. The van der Waals surface area contributed by atoms with E-state index in [1.165, 1.54) is 12.1 Å². The molecule has 0 atom stereocenters. The van der Waals surface area contributed by atoms with Gasteiger partial charge in [-0.25, -0.2) is 16.8 Å². The quantitative estimate of drug-likeness (QED) is 0.843. The number of hydrogen-bond donors (Lipinski definition) is 0. The average Bonchev–Trinajstić information content (AvgIpc) is 2.55. The van der Waals surface area contributed by atoms with Crippen LogP contribution in [-0.2, 0) is 19.7 Å². The van der Waals surface area contributed by atoms with Crippen molar-refractivity contribution in [1.82, 2.24) is 0 Å². The van der Waals surface area contributed by atoms with Crippen LogP contribution in [0.15, 0.2) is 76.2 Å². The topological polar surface area (TPSA) is 68.3 Å². The van der Waals surface area contributed by atoms with Gasteiger partial charge in [0.15, 0.2) is 19.7 Å². The Balaban J connectivity index is 2.82. The normalized spacial score (nSPS) is 11.8. The summed E-state index contributed by atoms with van der Waals surface area (Å²) >= 11 is 0. The molecule has 0 bridgehead atoms. The Bertz CT molecular complexity index is 925. The predicted octanol–water partition coefficient (Wildman–Crippen LogP) is 2.99. The van der Waals surface area contributed by atoms with Crippen LogP contribution in [0.4, 0.5) is 0 Å². The van der Waals surface area contributed by atoms with Crippen molar-refractivity contribution in [3.63, 3.8) is 0 Å². The van der Waals surface area contributed by atoms with Crippen LogP contribution < -0.4 is 0 Å². The van der Waals surface area contributed by atoms with Crippen molar-refractivity contribution in [2.45, 2.75) is 9.79 Å². The van der Waals surface area contributed by atoms with Crippen LogP contribution >= 0.6 is 0 Å². The molecule has 1 radical (unpaired) electrons. The molecule has 0 aliphatic carbocycles. The van der Waals surface area contributed by atoms with Gasteiger partial charge in [0.25, 0.3) is 0 Å². The van der Waals surface area contributed by atoms with E-state index in [1.54, 1.807) is 24.3 Å². The molecule has 0 heterocycles. The monoisotopic (exact) mass is 333 g/mol. The summed E-state index contributed by atoms with van der Waals surface area (Å²) in [4.78, 5) is -0.268. The van der Waals surface area contributed by atoms with Crippen LogP contribution in [0, 0.1) is 6.07 Å². The molecule has 0 aromatic heterocycles. The van der Waals surface area contributed by atoms with Gasteiger partial charge in [-0.2, -0.15) is 0 Å². The summed E-state index contributed by atoms with van der Waals surface area (Å²) in [7, 11) is -7.56. The van der Waals surface area contributed by atoms with Gasteiger partial charge < -0.3 is 0 Å². The second kappa shape index (κ2) is 5.90. The predicted molar refractivity (Wildman–Crippen MR) is 85.5 cm³/mol. The SMILES string of the molecule is C=CS(=O)(=O)c1ccc(-c2[c]cccc2)c(S(=O)(=O)C=C)c1. The molecule has 6 heteroatoms. The zero-order valence-corrected chi connectivity index (χ0v) is 13.2. The van der Waals surface area contributed by atoms with E-state index in [2.05, 4.69) is 19.2 Å². The largest absolute Gasteiger partial charge is 0.219 e. The van der Waals surface area contributed by atoms with Crippen LogP contribution in [0.25, 0.3) is 11.1 Å². The molecule has 113 valence electrons. The summed E-state index contributed by atoms with van der Waals surface area (Å²) in [6.07, 6.45) is 0. The molecule has 0 spiro atoms. The minimum atomic E-state index is -3.82. The van der Waals surface area contributed by atoms with Crippen molar-refractivity contribution in [2.24, 2.45) is 0 Å². The molecule has 2 aromatic carbocycles. The number of hydrogen-bond acceptors (Lipinski definition) is 4. The highest BCUT2D eigenvalue weighted by Gasteiger charge is 2.20. The highest BCUT2D eigenvalue weighted by Crippen LogP contribution is 2.30. The van der Waals surface area contributed by atoms with Gasteiger partial charge in [0.2, 0.25) is 0 Å². The van der Waals surface area contributed by atoms with E-state index in [4.69, 9.17) is 0 Å². The van der Waals surface area contributed by atoms with Crippen LogP contribution in [-0.4, -0.2) is 16.8 Å². The zero-order chi connectivity index (χ0) is 16.4. The first-order chi connectivity index (χ1) is 10.3. The van der Waals surface area contributed by atoms with Gasteiger partial charge in [-0.3, -0.25) is 0 Å². The van der Waals surface area contributed by atoms with Crippen molar-refractivity contribution in [3.8, 4) is 11.1 Å². The fourth-order valence-corrected chi connectivity index (χ4v) is 3.65. The van der Waals surface area contributed by atoms with Crippen molar-refractivity contribution in [3.05, 3.63) is 72.5 Å². The minimum absolute atomic E-state index is 0.132. The molecule has 2 aromatic rings. The molecule has 0 saturated heterocycles. The van der Waals surface area contributed by atoms with Gasteiger partial charge in [0.05, 0.1) is 9.79 Å². The van der Waals surface area contributed by atoms with Crippen molar-refractivity contribution < 1.29 is 16.8 Å². The Kier molecular flexibility index (Phi) is 4.35. The first-order valence-corrected chi connectivity index (χ1v) is 9.27. The molecular formula is C16H13O4S2. The standard InChI is InChI=1S/C16H13O4S2/c1-3-21(17,18)14-10-11-15(13-8-6-5-7-9-13)16(12-14)22(19,20)4-2/h3-8,10-12H,1-2H2. The summed E-state index contributed by atoms with van der Waals surface area (Å²) in [5.74, 6) is 0. The van der Waals surface area contributed by atoms with E-state index in [1.807, 2.05) is 0 Å². The van der Waals surface area contributed by atoms with E-state index in [0.29, 0.717) is 11.1 Å². The van der Waals surface area contributed by atoms with E-state index < -0.39 is 19.7 Å². The fraction of sp³-hybridized carbons (Fsp3) is 0. The highest BCUT2D eigenvalue weighted by atomic mass is 32.2. The third-order valence-corrected chi connectivity index (χ3v) is 5.77. The molecule has 22 heavy (non-hydrogen) atoms. The van der Waals surface area contributed by atoms with Gasteiger partial charge in [-0.15, -0.1) is 0 Å².